The third-order valence-corrected chi connectivity index (χ3v) is 4.72. The lowest BCUT2D eigenvalue weighted by Crippen LogP contribution is -2.38. The van der Waals surface area contributed by atoms with Crippen LogP contribution in [0.15, 0.2) is 22.9 Å². The Hall–Kier alpha value is -1.86. The molecular weight excluding hydrogens is 332 g/mol. The molecule has 0 radical (unpaired) electrons. The van der Waals surface area contributed by atoms with E-state index in [1.807, 2.05) is 0 Å². The minimum Gasteiger partial charge on any atom is -0.452 e. The predicted octanol–water partition coefficient (Wildman–Crippen LogP) is 2.35. The zero-order valence-electron chi connectivity index (χ0n) is 13.7. The molecular formula is C16H21ClN4O3. The molecule has 0 saturated heterocycles. The number of aromatic nitrogens is 3. The van der Waals surface area contributed by atoms with Crippen molar-refractivity contribution in [2.75, 3.05) is 0 Å². The second-order valence-corrected chi connectivity index (χ2v) is 7.11. The topological polar surface area (TPSA) is 93.2 Å². The van der Waals surface area contributed by atoms with Gasteiger partial charge in [0.05, 0.1) is 18.0 Å². The molecule has 1 aliphatic carbocycles. The SMILES string of the molecule is CC(C)(O)c1cn(C[C@@H]2CCC[C@@H]2NC(=O)c2ccoc2Cl)nn1. The average Bonchev–Trinajstić information content (AvgIpc) is 3.20. The fourth-order valence-corrected chi connectivity index (χ4v) is 3.26. The maximum atomic E-state index is 12.3. The lowest BCUT2D eigenvalue weighted by molar-refractivity contribution is 0.0737. The minimum atomic E-state index is -1.01. The highest BCUT2D eigenvalue weighted by molar-refractivity contribution is 6.32. The van der Waals surface area contributed by atoms with Crippen LogP contribution >= 0.6 is 11.6 Å². The first-order valence-corrected chi connectivity index (χ1v) is 8.39. The van der Waals surface area contributed by atoms with Crippen LogP contribution in [0.4, 0.5) is 0 Å². The van der Waals surface area contributed by atoms with Crippen LogP contribution in [-0.2, 0) is 12.1 Å². The molecule has 2 heterocycles. The van der Waals surface area contributed by atoms with Gasteiger partial charge in [0, 0.05) is 12.6 Å². The first kappa shape index (κ1) is 17.0. The molecule has 1 saturated carbocycles. The fourth-order valence-electron chi connectivity index (χ4n) is 3.06. The van der Waals surface area contributed by atoms with Gasteiger partial charge in [0.2, 0.25) is 5.22 Å². The average molecular weight is 353 g/mol. The number of nitrogens with zero attached hydrogens (tertiary/aromatic N) is 3. The van der Waals surface area contributed by atoms with Gasteiger partial charge in [-0.2, -0.15) is 0 Å². The second-order valence-electron chi connectivity index (χ2n) is 6.76. The van der Waals surface area contributed by atoms with E-state index in [-0.39, 0.29) is 23.1 Å². The summed E-state index contributed by atoms with van der Waals surface area (Å²) in [6.45, 7) is 4.00. The summed E-state index contributed by atoms with van der Waals surface area (Å²) >= 11 is 5.86. The molecule has 2 aromatic heterocycles. The molecule has 0 bridgehead atoms. The van der Waals surface area contributed by atoms with Gasteiger partial charge in [0.1, 0.15) is 11.3 Å². The van der Waals surface area contributed by atoms with Crippen molar-refractivity contribution < 1.29 is 14.3 Å². The Bertz CT molecular complexity index is 719. The van der Waals surface area contributed by atoms with Crippen LogP contribution in [0.25, 0.3) is 0 Å². The number of nitrogens with one attached hydrogen (secondary N) is 1. The normalized spacial score (nSPS) is 21.2. The summed E-state index contributed by atoms with van der Waals surface area (Å²) in [7, 11) is 0. The summed E-state index contributed by atoms with van der Waals surface area (Å²) < 4.78 is 6.70. The summed E-state index contributed by atoms with van der Waals surface area (Å²) in [5.41, 5.74) is -0.127. The van der Waals surface area contributed by atoms with E-state index in [1.54, 1.807) is 30.8 Å². The van der Waals surface area contributed by atoms with Crippen molar-refractivity contribution >= 4 is 17.5 Å². The van der Waals surface area contributed by atoms with Crippen molar-refractivity contribution in [2.45, 2.75) is 51.3 Å². The third-order valence-electron chi connectivity index (χ3n) is 4.43. The van der Waals surface area contributed by atoms with E-state index in [1.165, 1.54) is 6.26 Å². The summed E-state index contributed by atoms with van der Waals surface area (Å²) in [4.78, 5) is 12.3. The molecule has 3 rings (SSSR count). The molecule has 1 fully saturated rings. The highest BCUT2D eigenvalue weighted by atomic mass is 35.5. The Kier molecular flexibility index (Phi) is 4.64. The molecule has 8 heteroatoms. The van der Waals surface area contributed by atoms with Crippen LogP contribution in [0.2, 0.25) is 5.22 Å². The van der Waals surface area contributed by atoms with Gasteiger partial charge in [-0.25, -0.2) is 0 Å². The van der Waals surface area contributed by atoms with Gasteiger partial charge in [-0.15, -0.1) is 5.10 Å². The molecule has 2 aromatic rings. The third kappa shape index (κ3) is 3.62. The van der Waals surface area contributed by atoms with Crippen LogP contribution in [0.5, 0.6) is 0 Å². The summed E-state index contributed by atoms with van der Waals surface area (Å²) in [5.74, 6) is 0.0393. The van der Waals surface area contributed by atoms with Crippen LogP contribution in [0, 0.1) is 5.92 Å². The number of amides is 1. The zero-order chi connectivity index (χ0) is 17.3. The molecule has 1 aliphatic rings. The molecule has 2 atom stereocenters. The minimum absolute atomic E-state index is 0.0539. The van der Waals surface area contributed by atoms with Crippen LogP contribution in [-0.4, -0.2) is 32.0 Å². The number of carbonyl (C=O) groups excluding carboxylic acids is 1. The van der Waals surface area contributed by atoms with Gasteiger partial charge < -0.3 is 14.8 Å². The number of hydrogen-bond donors (Lipinski definition) is 2. The Labute approximate surface area is 145 Å². The van der Waals surface area contributed by atoms with E-state index in [0.29, 0.717) is 17.8 Å². The molecule has 1 amide bonds. The second kappa shape index (κ2) is 6.57. The molecule has 0 unspecified atom stereocenters. The molecule has 0 aromatic carbocycles. The Balaban J connectivity index is 1.64. The summed E-state index contributed by atoms with van der Waals surface area (Å²) in [6.07, 6.45) is 6.11. The van der Waals surface area contributed by atoms with Gasteiger partial charge in [0.15, 0.2) is 0 Å². The lowest BCUT2D eigenvalue weighted by Gasteiger charge is -2.20. The van der Waals surface area contributed by atoms with Gasteiger partial charge in [0.25, 0.3) is 5.91 Å². The van der Waals surface area contributed by atoms with Gasteiger partial charge in [-0.1, -0.05) is 11.6 Å². The molecule has 2 N–H and O–H groups in total. The van der Waals surface area contributed by atoms with Gasteiger partial charge >= 0.3 is 0 Å². The van der Waals surface area contributed by atoms with Crippen molar-refractivity contribution in [1.29, 1.82) is 0 Å². The van der Waals surface area contributed by atoms with Crippen molar-refractivity contribution in [3.05, 3.63) is 35.0 Å². The van der Waals surface area contributed by atoms with Gasteiger partial charge in [-0.3, -0.25) is 9.48 Å². The van der Waals surface area contributed by atoms with E-state index in [2.05, 4.69) is 15.6 Å². The number of aliphatic hydroxyl groups is 1. The number of hydrogen-bond acceptors (Lipinski definition) is 5. The zero-order valence-corrected chi connectivity index (χ0v) is 14.5. The van der Waals surface area contributed by atoms with E-state index < -0.39 is 5.60 Å². The van der Waals surface area contributed by atoms with E-state index in [9.17, 15) is 9.90 Å². The lowest BCUT2D eigenvalue weighted by atomic mass is 10.0. The molecule has 0 spiro atoms. The van der Waals surface area contributed by atoms with Crippen LogP contribution < -0.4 is 5.32 Å². The largest absolute Gasteiger partial charge is 0.452 e. The van der Waals surface area contributed by atoms with E-state index >= 15 is 0 Å². The van der Waals surface area contributed by atoms with Crippen molar-refractivity contribution in [3.8, 4) is 0 Å². The smallest absolute Gasteiger partial charge is 0.256 e. The maximum absolute atomic E-state index is 12.3. The fraction of sp³-hybridized carbons (Fsp3) is 0.562. The maximum Gasteiger partial charge on any atom is 0.256 e. The summed E-state index contributed by atoms with van der Waals surface area (Å²) in [6, 6.07) is 1.62. The standard InChI is InChI=1S/C16H21ClN4O3/c1-16(2,23)13-9-21(20-19-13)8-10-4-3-5-12(10)18-15(22)11-6-7-24-14(11)17/h6-7,9-10,12,23H,3-5,8H2,1-2H3,(H,18,22)/t10-,12-/m0/s1. The Morgan fingerprint density at radius 2 is 2.33 bits per heavy atom. The van der Waals surface area contributed by atoms with Gasteiger partial charge in [-0.05, 0) is 50.3 Å². The molecule has 130 valence electrons. The number of furan rings is 1. The number of halogens is 1. The van der Waals surface area contributed by atoms with Crippen molar-refractivity contribution in [3.63, 3.8) is 0 Å². The highest BCUT2D eigenvalue weighted by Crippen LogP contribution is 2.28. The Morgan fingerprint density at radius 1 is 1.54 bits per heavy atom. The first-order valence-electron chi connectivity index (χ1n) is 8.01. The molecule has 0 aliphatic heterocycles. The number of rotatable bonds is 5. The summed E-state index contributed by atoms with van der Waals surface area (Å²) in [5, 5.41) is 21.2. The predicted molar refractivity (Wildman–Crippen MR) is 87.6 cm³/mol. The monoisotopic (exact) mass is 352 g/mol. The molecule has 7 nitrogen and oxygen atoms in total. The van der Waals surface area contributed by atoms with E-state index in [4.69, 9.17) is 16.0 Å². The van der Waals surface area contributed by atoms with Crippen molar-refractivity contribution in [2.24, 2.45) is 5.92 Å². The highest BCUT2D eigenvalue weighted by Gasteiger charge is 2.30. The molecule has 24 heavy (non-hydrogen) atoms. The first-order chi connectivity index (χ1) is 11.3. The van der Waals surface area contributed by atoms with Crippen molar-refractivity contribution in [1.82, 2.24) is 20.3 Å². The number of carbonyl (C=O) groups is 1. The van der Waals surface area contributed by atoms with Crippen LogP contribution in [0.1, 0.15) is 49.2 Å². The van der Waals surface area contributed by atoms with Crippen LogP contribution in [0.3, 0.4) is 0 Å². The quantitative estimate of drug-likeness (QED) is 0.861. The Morgan fingerprint density at radius 3 is 2.96 bits per heavy atom. The van der Waals surface area contributed by atoms with E-state index in [0.717, 1.165) is 19.3 Å².